The van der Waals surface area contributed by atoms with Crippen LogP contribution in [0.25, 0.3) is 0 Å². The highest BCUT2D eigenvalue weighted by atomic mass is 19.4. The normalized spacial score (nSPS) is 13.4. The minimum atomic E-state index is -4.29. The Labute approximate surface area is 116 Å². The van der Waals surface area contributed by atoms with Gasteiger partial charge in [0.05, 0.1) is 0 Å². The summed E-state index contributed by atoms with van der Waals surface area (Å²) in [5.41, 5.74) is 1.29. The third-order valence-corrected chi connectivity index (χ3v) is 3.30. The minimum absolute atomic E-state index is 0.202. The molecule has 0 saturated heterocycles. The van der Waals surface area contributed by atoms with Gasteiger partial charge in [0.1, 0.15) is 12.4 Å². The number of anilines is 1. The smallest absolute Gasteiger partial charge is 0.363 e. The molecule has 1 aromatic rings. The Morgan fingerprint density at radius 3 is 2.35 bits per heavy atom. The lowest BCUT2D eigenvalue weighted by atomic mass is 10.0. The molecular formula is C14H20F4N2. The van der Waals surface area contributed by atoms with Crippen LogP contribution in [0.1, 0.15) is 31.0 Å². The summed E-state index contributed by atoms with van der Waals surface area (Å²) in [6.45, 7) is 4.15. The van der Waals surface area contributed by atoms with Crippen LogP contribution in [-0.2, 0) is 0 Å². The molecule has 0 fully saturated rings. The van der Waals surface area contributed by atoms with E-state index in [4.69, 9.17) is 0 Å². The van der Waals surface area contributed by atoms with E-state index >= 15 is 0 Å². The summed E-state index contributed by atoms with van der Waals surface area (Å²) in [5, 5.41) is 2.94. The molecule has 1 rings (SSSR count). The average Bonchev–Trinajstić information content (AvgIpc) is 2.36. The zero-order valence-electron chi connectivity index (χ0n) is 12.1. The fourth-order valence-electron chi connectivity index (χ4n) is 2.04. The standard InChI is InChI=1S/C14H20F4N2/c1-5-20(8-14(16,17)18)13-6-9(2)12(15)7-11(13)10(3)19-4/h6-7,10,19H,5,8H2,1-4H3. The molecule has 20 heavy (non-hydrogen) atoms. The number of alkyl halides is 3. The number of halogens is 4. The van der Waals surface area contributed by atoms with E-state index in [0.717, 1.165) is 0 Å². The third-order valence-electron chi connectivity index (χ3n) is 3.30. The van der Waals surface area contributed by atoms with Gasteiger partial charge < -0.3 is 10.2 Å². The average molecular weight is 292 g/mol. The highest BCUT2D eigenvalue weighted by molar-refractivity contribution is 5.57. The second-order valence-corrected chi connectivity index (χ2v) is 4.80. The first kappa shape index (κ1) is 16.8. The van der Waals surface area contributed by atoms with E-state index in [1.807, 2.05) is 0 Å². The van der Waals surface area contributed by atoms with E-state index in [-0.39, 0.29) is 12.6 Å². The van der Waals surface area contributed by atoms with Crippen molar-refractivity contribution in [3.05, 3.63) is 29.1 Å². The molecule has 0 heterocycles. The van der Waals surface area contributed by atoms with Crippen molar-refractivity contribution in [3.8, 4) is 0 Å². The van der Waals surface area contributed by atoms with Crippen LogP contribution in [0.4, 0.5) is 23.2 Å². The Morgan fingerprint density at radius 1 is 1.30 bits per heavy atom. The van der Waals surface area contributed by atoms with E-state index < -0.39 is 18.5 Å². The summed E-state index contributed by atoms with van der Waals surface area (Å²) in [6, 6.07) is 2.56. The maximum Gasteiger partial charge on any atom is 0.405 e. The molecule has 0 amide bonds. The Balaban J connectivity index is 3.28. The molecule has 1 atom stereocenters. The van der Waals surface area contributed by atoms with Crippen LogP contribution in [-0.4, -0.2) is 26.3 Å². The number of rotatable bonds is 5. The van der Waals surface area contributed by atoms with Crippen LogP contribution < -0.4 is 10.2 Å². The van der Waals surface area contributed by atoms with Gasteiger partial charge in [-0.1, -0.05) is 0 Å². The van der Waals surface area contributed by atoms with Crippen molar-refractivity contribution in [3.63, 3.8) is 0 Å². The predicted octanol–water partition coefficient (Wildman–Crippen LogP) is 3.80. The second kappa shape index (κ2) is 6.43. The SMILES string of the molecule is CCN(CC(F)(F)F)c1cc(C)c(F)cc1C(C)NC. The molecule has 0 radical (unpaired) electrons. The van der Waals surface area contributed by atoms with Gasteiger partial charge >= 0.3 is 6.18 Å². The van der Waals surface area contributed by atoms with Gasteiger partial charge in [0.25, 0.3) is 0 Å². The molecule has 114 valence electrons. The molecule has 2 nitrogen and oxygen atoms in total. The van der Waals surface area contributed by atoms with Crippen LogP contribution in [0.3, 0.4) is 0 Å². The van der Waals surface area contributed by atoms with E-state index in [1.165, 1.54) is 17.0 Å². The lowest BCUT2D eigenvalue weighted by Gasteiger charge is -2.29. The predicted molar refractivity (Wildman–Crippen MR) is 72.6 cm³/mol. The fourth-order valence-corrected chi connectivity index (χ4v) is 2.04. The summed E-state index contributed by atoms with van der Waals surface area (Å²) < 4.78 is 51.6. The van der Waals surface area contributed by atoms with Crippen molar-refractivity contribution in [1.29, 1.82) is 0 Å². The number of hydrogen-bond acceptors (Lipinski definition) is 2. The van der Waals surface area contributed by atoms with Crippen molar-refractivity contribution in [1.82, 2.24) is 5.32 Å². The second-order valence-electron chi connectivity index (χ2n) is 4.80. The van der Waals surface area contributed by atoms with Gasteiger partial charge in [0.2, 0.25) is 0 Å². The first-order valence-corrected chi connectivity index (χ1v) is 6.48. The number of hydrogen-bond donors (Lipinski definition) is 1. The van der Waals surface area contributed by atoms with Gasteiger partial charge in [-0.2, -0.15) is 13.2 Å². The van der Waals surface area contributed by atoms with Crippen molar-refractivity contribution in [2.24, 2.45) is 0 Å². The largest absolute Gasteiger partial charge is 0.405 e. The van der Waals surface area contributed by atoms with Crippen LogP contribution in [0, 0.1) is 12.7 Å². The number of nitrogens with one attached hydrogen (secondary N) is 1. The molecular weight excluding hydrogens is 272 g/mol. The molecule has 1 unspecified atom stereocenters. The first-order chi connectivity index (χ1) is 9.19. The number of aryl methyl sites for hydroxylation is 1. The van der Waals surface area contributed by atoms with Gasteiger partial charge in [0.15, 0.2) is 0 Å². The zero-order valence-corrected chi connectivity index (χ0v) is 12.1. The maximum atomic E-state index is 13.7. The Morgan fingerprint density at radius 2 is 1.90 bits per heavy atom. The van der Waals surface area contributed by atoms with Gasteiger partial charge in [-0.15, -0.1) is 0 Å². The summed E-state index contributed by atoms with van der Waals surface area (Å²) in [4.78, 5) is 1.22. The van der Waals surface area contributed by atoms with Crippen LogP contribution in [0.5, 0.6) is 0 Å². The van der Waals surface area contributed by atoms with Crippen molar-refractivity contribution < 1.29 is 17.6 Å². The summed E-state index contributed by atoms with van der Waals surface area (Å²) in [7, 11) is 1.69. The Bertz CT molecular complexity index is 457. The van der Waals surface area contributed by atoms with Crippen molar-refractivity contribution >= 4 is 5.69 Å². The molecule has 0 bridgehead atoms. The topological polar surface area (TPSA) is 15.3 Å². The third kappa shape index (κ3) is 4.10. The summed E-state index contributed by atoms with van der Waals surface area (Å²) in [6.07, 6.45) is -4.29. The highest BCUT2D eigenvalue weighted by Crippen LogP contribution is 2.31. The molecule has 0 aliphatic carbocycles. The van der Waals surface area contributed by atoms with E-state index in [1.54, 1.807) is 27.8 Å². The van der Waals surface area contributed by atoms with Crippen LogP contribution >= 0.6 is 0 Å². The molecule has 0 saturated carbocycles. The zero-order chi connectivity index (χ0) is 15.5. The van der Waals surface area contributed by atoms with Crippen molar-refractivity contribution in [2.75, 3.05) is 25.0 Å². The molecule has 0 aliphatic rings. The van der Waals surface area contributed by atoms with Gasteiger partial charge in [-0.05, 0) is 51.1 Å². The monoisotopic (exact) mass is 292 g/mol. The van der Waals surface area contributed by atoms with E-state index in [0.29, 0.717) is 16.8 Å². The minimum Gasteiger partial charge on any atom is -0.363 e. The van der Waals surface area contributed by atoms with Gasteiger partial charge in [-0.25, -0.2) is 4.39 Å². The Hall–Kier alpha value is -1.30. The molecule has 6 heteroatoms. The van der Waals surface area contributed by atoms with Crippen molar-refractivity contribution in [2.45, 2.75) is 33.0 Å². The van der Waals surface area contributed by atoms with E-state index in [2.05, 4.69) is 5.32 Å². The fraction of sp³-hybridized carbons (Fsp3) is 0.571. The molecule has 0 spiro atoms. The summed E-state index contributed by atoms with van der Waals surface area (Å²) in [5.74, 6) is -0.408. The lowest BCUT2D eigenvalue weighted by Crippen LogP contribution is -2.35. The summed E-state index contributed by atoms with van der Waals surface area (Å²) >= 11 is 0. The maximum absolute atomic E-state index is 13.7. The van der Waals surface area contributed by atoms with Gasteiger partial charge in [-0.3, -0.25) is 0 Å². The molecule has 1 N–H and O–H groups in total. The highest BCUT2D eigenvalue weighted by Gasteiger charge is 2.31. The first-order valence-electron chi connectivity index (χ1n) is 6.48. The Kier molecular flexibility index (Phi) is 5.39. The lowest BCUT2D eigenvalue weighted by molar-refractivity contribution is -0.119. The van der Waals surface area contributed by atoms with Crippen LogP contribution in [0.15, 0.2) is 12.1 Å². The molecule has 1 aromatic carbocycles. The number of benzene rings is 1. The molecule has 0 aliphatic heterocycles. The quantitative estimate of drug-likeness (QED) is 0.830. The van der Waals surface area contributed by atoms with Gasteiger partial charge in [0, 0.05) is 18.3 Å². The molecule has 0 aromatic heterocycles. The van der Waals surface area contributed by atoms with Crippen LogP contribution in [0.2, 0.25) is 0 Å². The van der Waals surface area contributed by atoms with E-state index in [9.17, 15) is 17.6 Å². The number of nitrogens with zero attached hydrogens (tertiary/aromatic N) is 1.